The van der Waals surface area contributed by atoms with Crippen LogP contribution >= 0.6 is 0 Å². The number of hydrogen-bond donors (Lipinski definition) is 1. The molecule has 0 unspecified atom stereocenters. The molecule has 0 fully saturated rings. The average Bonchev–Trinajstić information content (AvgIpc) is 2.73. The summed E-state index contributed by atoms with van der Waals surface area (Å²) < 4.78 is 11.4. The maximum atomic E-state index is 12.9. The van der Waals surface area contributed by atoms with E-state index >= 15 is 0 Å². The number of fused-ring (bicyclic) bond motifs is 2. The van der Waals surface area contributed by atoms with Crippen molar-refractivity contribution in [3.63, 3.8) is 0 Å². The largest absolute Gasteiger partial charge is 0.497 e. The van der Waals surface area contributed by atoms with Gasteiger partial charge in [0.05, 0.1) is 13.2 Å². The molecule has 2 aliphatic carbocycles. The molecule has 0 aliphatic heterocycles. The third-order valence-electron chi connectivity index (χ3n) is 6.01. The Kier molecular flexibility index (Phi) is 5.56. The van der Waals surface area contributed by atoms with Crippen LogP contribution in [0.3, 0.4) is 0 Å². The first-order valence-electron chi connectivity index (χ1n) is 10.4. The molecule has 148 valence electrons. The summed E-state index contributed by atoms with van der Waals surface area (Å²) in [5.41, 5.74) is 5.11. The summed E-state index contributed by atoms with van der Waals surface area (Å²) in [4.78, 5) is 12.9. The summed E-state index contributed by atoms with van der Waals surface area (Å²) in [6.07, 6.45) is 7.10. The molecule has 0 spiro atoms. The topological polar surface area (TPSA) is 47.6 Å². The number of aryl methyl sites for hydroxylation is 2. The van der Waals surface area contributed by atoms with Crippen molar-refractivity contribution >= 4 is 5.91 Å². The fourth-order valence-electron chi connectivity index (χ4n) is 4.46. The van der Waals surface area contributed by atoms with Crippen molar-refractivity contribution < 1.29 is 14.3 Å². The average molecular weight is 380 g/mol. The monoisotopic (exact) mass is 379 g/mol. The molecule has 2 atom stereocenters. The molecule has 2 aromatic rings. The van der Waals surface area contributed by atoms with E-state index < -0.39 is 6.10 Å². The van der Waals surface area contributed by atoms with Gasteiger partial charge in [0.2, 0.25) is 0 Å². The van der Waals surface area contributed by atoms with Gasteiger partial charge in [-0.3, -0.25) is 4.79 Å². The highest BCUT2D eigenvalue weighted by atomic mass is 16.5. The van der Waals surface area contributed by atoms with Crippen LogP contribution in [-0.4, -0.2) is 19.1 Å². The zero-order valence-electron chi connectivity index (χ0n) is 16.8. The second-order valence-corrected chi connectivity index (χ2v) is 7.88. The Bertz CT molecular complexity index is 861. The first kappa shape index (κ1) is 18.9. The van der Waals surface area contributed by atoms with Crippen LogP contribution in [0.1, 0.15) is 60.9 Å². The lowest BCUT2D eigenvalue weighted by Gasteiger charge is -2.28. The Morgan fingerprint density at radius 3 is 2.75 bits per heavy atom. The van der Waals surface area contributed by atoms with Crippen molar-refractivity contribution in [2.24, 2.45) is 0 Å². The number of carbonyl (C=O) groups is 1. The predicted octanol–water partition coefficient (Wildman–Crippen LogP) is 4.54. The number of amides is 1. The molecule has 4 nitrogen and oxygen atoms in total. The van der Waals surface area contributed by atoms with Crippen molar-refractivity contribution in [2.45, 2.75) is 64.0 Å². The highest BCUT2D eigenvalue weighted by Gasteiger charge is 2.26. The first-order chi connectivity index (χ1) is 13.7. The number of nitrogens with one attached hydrogen (secondary N) is 1. The van der Waals surface area contributed by atoms with E-state index in [4.69, 9.17) is 9.47 Å². The van der Waals surface area contributed by atoms with Gasteiger partial charge in [-0.05, 0) is 92.3 Å². The minimum Gasteiger partial charge on any atom is -0.497 e. The molecule has 0 saturated carbocycles. The Labute approximate surface area is 167 Å². The van der Waals surface area contributed by atoms with Gasteiger partial charge in [0, 0.05) is 0 Å². The zero-order valence-corrected chi connectivity index (χ0v) is 16.8. The van der Waals surface area contributed by atoms with Crippen LogP contribution in [0, 0.1) is 0 Å². The quantitative estimate of drug-likeness (QED) is 0.830. The van der Waals surface area contributed by atoms with Gasteiger partial charge in [0.1, 0.15) is 11.5 Å². The van der Waals surface area contributed by atoms with Gasteiger partial charge in [-0.25, -0.2) is 0 Å². The minimum atomic E-state index is -0.517. The highest BCUT2D eigenvalue weighted by Crippen LogP contribution is 2.33. The molecule has 0 saturated heterocycles. The van der Waals surface area contributed by atoms with Crippen LogP contribution in [0.5, 0.6) is 11.5 Å². The molecule has 1 N–H and O–H groups in total. The maximum absolute atomic E-state index is 12.9. The van der Waals surface area contributed by atoms with E-state index in [0.717, 1.165) is 43.6 Å². The van der Waals surface area contributed by atoms with Crippen LogP contribution in [0.4, 0.5) is 0 Å². The molecular formula is C24H29NO3. The van der Waals surface area contributed by atoms with Crippen LogP contribution in [-0.2, 0) is 24.1 Å². The molecule has 2 aromatic carbocycles. The fourth-order valence-corrected chi connectivity index (χ4v) is 4.46. The van der Waals surface area contributed by atoms with Crippen LogP contribution < -0.4 is 14.8 Å². The Morgan fingerprint density at radius 1 is 1.07 bits per heavy atom. The van der Waals surface area contributed by atoms with E-state index in [0.29, 0.717) is 0 Å². The van der Waals surface area contributed by atoms with E-state index in [2.05, 4.69) is 23.5 Å². The van der Waals surface area contributed by atoms with Crippen molar-refractivity contribution in [1.29, 1.82) is 0 Å². The summed E-state index contributed by atoms with van der Waals surface area (Å²) in [7, 11) is 1.69. The van der Waals surface area contributed by atoms with E-state index in [1.807, 2.05) is 25.1 Å². The minimum absolute atomic E-state index is 0.0397. The van der Waals surface area contributed by atoms with Gasteiger partial charge >= 0.3 is 0 Å². The summed E-state index contributed by atoms with van der Waals surface area (Å²) in [5, 5.41) is 3.21. The lowest BCUT2D eigenvalue weighted by atomic mass is 9.87. The standard InChI is InChI=1S/C24H29NO3/c1-16(28-23-12-6-8-17-7-3-4-10-21(17)23)24(26)25-22-11-5-9-18-15-19(27-2)13-14-20(18)22/h6,8,12-16,22H,3-5,7,9-11H2,1-2H3,(H,25,26)/t16-,22+/m0/s1. The van der Waals surface area contributed by atoms with E-state index in [9.17, 15) is 4.79 Å². The number of ether oxygens (including phenoxy) is 2. The van der Waals surface area contributed by atoms with Crippen molar-refractivity contribution in [2.75, 3.05) is 7.11 Å². The first-order valence-corrected chi connectivity index (χ1v) is 10.4. The van der Waals surface area contributed by atoms with Gasteiger partial charge in [0.15, 0.2) is 6.10 Å². The third kappa shape index (κ3) is 3.87. The molecule has 28 heavy (non-hydrogen) atoms. The molecule has 0 aromatic heterocycles. The van der Waals surface area contributed by atoms with E-state index in [1.54, 1.807) is 7.11 Å². The predicted molar refractivity (Wildman–Crippen MR) is 110 cm³/mol. The molecule has 0 radical (unpaired) electrons. The van der Waals surface area contributed by atoms with Gasteiger partial charge in [-0.2, -0.15) is 0 Å². The van der Waals surface area contributed by atoms with Crippen molar-refractivity contribution in [3.8, 4) is 11.5 Å². The molecule has 1 amide bonds. The van der Waals surface area contributed by atoms with Crippen LogP contribution in [0.2, 0.25) is 0 Å². The molecule has 4 heteroatoms. The van der Waals surface area contributed by atoms with Gasteiger partial charge < -0.3 is 14.8 Å². The Morgan fingerprint density at radius 2 is 1.89 bits per heavy atom. The summed E-state index contributed by atoms with van der Waals surface area (Å²) >= 11 is 0. The van der Waals surface area contributed by atoms with Crippen molar-refractivity contribution in [1.82, 2.24) is 5.32 Å². The van der Waals surface area contributed by atoms with Gasteiger partial charge in [-0.15, -0.1) is 0 Å². The highest BCUT2D eigenvalue weighted by molar-refractivity contribution is 5.81. The number of methoxy groups -OCH3 is 1. The molecule has 0 bridgehead atoms. The molecular weight excluding hydrogens is 350 g/mol. The molecule has 4 rings (SSSR count). The van der Waals surface area contributed by atoms with E-state index in [-0.39, 0.29) is 11.9 Å². The van der Waals surface area contributed by atoms with Crippen LogP contribution in [0.25, 0.3) is 0 Å². The van der Waals surface area contributed by atoms with Crippen molar-refractivity contribution in [3.05, 3.63) is 58.7 Å². The third-order valence-corrected chi connectivity index (χ3v) is 6.01. The lowest BCUT2D eigenvalue weighted by molar-refractivity contribution is -0.128. The second-order valence-electron chi connectivity index (χ2n) is 7.88. The van der Waals surface area contributed by atoms with Gasteiger partial charge in [0.25, 0.3) is 5.91 Å². The summed E-state index contributed by atoms with van der Waals surface area (Å²) in [6, 6.07) is 12.4. The smallest absolute Gasteiger partial charge is 0.261 e. The van der Waals surface area contributed by atoms with E-state index in [1.165, 1.54) is 35.1 Å². The number of benzene rings is 2. The number of hydrogen-bond acceptors (Lipinski definition) is 3. The Hall–Kier alpha value is -2.49. The number of carbonyl (C=O) groups excluding carboxylic acids is 1. The van der Waals surface area contributed by atoms with Gasteiger partial charge in [-0.1, -0.05) is 18.2 Å². The Balaban J connectivity index is 1.45. The maximum Gasteiger partial charge on any atom is 0.261 e. The fraction of sp³-hybridized carbons (Fsp3) is 0.458. The molecule has 0 heterocycles. The molecule has 2 aliphatic rings. The lowest BCUT2D eigenvalue weighted by Crippen LogP contribution is -2.39. The van der Waals surface area contributed by atoms with Crippen LogP contribution in [0.15, 0.2) is 36.4 Å². The normalized spacial score (nSPS) is 19.1. The SMILES string of the molecule is COc1ccc2c(c1)CCC[C@H]2NC(=O)[C@H](C)Oc1cccc2c1CCCC2. The summed E-state index contributed by atoms with van der Waals surface area (Å²) in [6.45, 7) is 1.84. The number of rotatable bonds is 5. The zero-order chi connectivity index (χ0) is 19.5. The summed E-state index contributed by atoms with van der Waals surface area (Å²) in [5.74, 6) is 1.69. The second kappa shape index (κ2) is 8.26.